The van der Waals surface area contributed by atoms with Gasteiger partial charge in [-0.05, 0) is 19.3 Å². The topological polar surface area (TPSA) is 114 Å². The second-order valence-corrected chi connectivity index (χ2v) is 4.61. The van der Waals surface area contributed by atoms with Crippen LogP contribution in [0.15, 0.2) is 11.8 Å². The zero-order chi connectivity index (χ0) is 15.0. The summed E-state index contributed by atoms with van der Waals surface area (Å²) in [6.07, 6.45) is 2.71. The van der Waals surface area contributed by atoms with Crippen molar-refractivity contribution in [3.63, 3.8) is 0 Å². The average Bonchev–Trinajstić information content (AvgIpc) is 2.47. The number of rotatable bonds is 6. The molecule has 0 unspecified atom stereocenters. The summed E-state index contributed by atoms with van der Waals surface area (Å²) in [6.45, 7) is 1.23. The highest BCUT2D eigenvalue weighted by Gasteiger charge is 2.28. The molecule has 1 saturated heterocycles. The van der Waals surface area contributed by atoms with E-state index in [1.54, 1.807) is 0 Å². The SMILES string of the molecule is N#C/C(=C/NCCCO)C(=O)N1CCC(C(=O)O)CC1. The summed E-state index contributed by atoms with van der Waals surface area (Å²) >= 11 is 0. The van der Waals surface area contributed by atoms with Gasteiger partial charge in [0.05, 0.1) is 5.92 Å². The molecule has 0 aliphatic carbocycles. The van der Waals surface area contributed by atoms with Crippen molar-refractivity contribution in [1.82, 2.24) is 10.2 Å². The second-order valence-electron chi connectivity index (χ2n) is 4.61. The van der Waals surface area contributed by atoms with Crippen molar-refractivity contribution in [1.29, 1.82) is 5.26 Å². The molecule has 0 spiro atoms. The van der Waals surface area contributed by atoms with Gasteiger partial charge in [0.25, 0.3) is 5.91 Å². The fourth-order valence-corrected chi connectivity index (χ4v) is 2.00. The first-order valence-corrected chi connectivity index (χ1v) is 6.56. The number of aliphatic carboxylic acids is 1. The lowest BCUT2D eigenvalue weighted by atomic mass is 9.97. The number of carbonyl (C=O) groups excluding carboxylic acids is 1. The second kappa shape index (κ2) is 8.17. The van der Waals surface area contributed by atoms with E-state index in [1.807, 2.05) is 6.07 Å². The number of nitriles is 1. The molecule has 1 aliphatic rings. The van der Waals surface area contributed by atoms with E-state index in [1.165, 1.54) is 11.1 Å². The third-order valence-electron chi connectivity index (χ3n) is 3.21. The molecular formula is C13H19N3O4. The van der Waals surface area contributed by atoms with Gasteiger partial charge in [0.15, 0.2) is 0 Å². The number of nitrogens with one attached hydrogen (secondary N) is 1. The van der Waals surface area contributed by atoms with Gasteiger partial charge >= 0.3 is 5.97 Å². The summed E-state index contributed by atoms with van der Waals surface area (Å²) in [6, 6.07) is 1.84. The predicted molar refractivity (Wildman–Crippen MR) is 70.3 cm³/mol. The lowest BCUT2D eigenvalue weighted by Gasteiger charge is -2.29. The van der Waals surface area contributed by atoms with Crippen molar-refractivity contribution in [2.24, 2.45) is 5.92 Å². The first-order valence-electron chi connectivity index (χ1n) is 6.56. The highest BCUT2D eigenvalue weighted by Crippen LogP contribution is 2.18. The van der Waals surface area contributed by atoms with E-state index in [0.29, 0.717) is 38.9 Å². The van der Waals surface area contributed by atoms with Crippen molar-refractivity contribution < 1.29 is 19.8 Å². The normalized spacial score (nSPS) is 16.6. The smallest absolute Gasteiger partial charge is 0.306 e. The number of carbonyl (C=O) groups is 2. The molecule has 0 aromatic heterocycles. The minimum absolute atomic E-state index is 0.00304. The Labute approximate surface area is 117 Å². The van der Waals surface area contributed by atoms with Crippen molar-refractivity contribution in [3.05, 3.63) is 11.8 Å². The summed E-state index contributed by atoms with van der Waals surface area (Å²) < 4.78 is 0. The largest absolute Gasteiger partial charge is 0.481 e. The molecule has 0 aromatic carbocycles. The number of carboxylic acids is 1. The van der Waals surface area contributed by atoms with E-state index in [0.717, 1.165) is 0 Å². The van der Waals surface area contributed by atoms with E-state index < -0.39 is 11.9 Å². The monoisotopic (exact) mass is 281 g/mol. The fraction of sp³-hybridized carbons (Fsp3) is 0.615. The van der Waals surface area contributed by atoms with Crippen LogP contribution in [0.1, 0.15) is 19.3 Å². The molecule has 0 aromatic rings. The summed E-state index contributed by atoms with van der Waals surface area (Å²) in [5.74, 6) is -1.62. The molecule has 20 heavy (non-hydrogen) atoms. The molecule has 0 saturated carbocycles. The third kappa shape index (κ3) is 4.55. The molecule has 0 bridgehead atoms. The Morgan fingerprint density at radius 3 is 2.55 bits per heavy atom. The number of piperidine rings is 1. The van der Waals surface area contributed by atoms with E-state index in [-0.39, 0.29) is 18.1 Å². The Balaban J connectivity index is 2.52. The molecule has 1 heterocycles. The Morgan fingerprint density at radius 2 is 2.05 bits per heavy atom. The minimum Gasteiger partial charge on any atom is -0.481 e. The molecule has 110 valence electrons. The van der Waals surface area contributed by atoms with Crippen molar-refractivity contribution in [3.8, 4) is 6.07 Å². The number of likely N-dealkylation sites (tertiary alicyclic amines) is 1. The Kier molecular flexibility index (Phi) is 6.53. The van der Waals surface area contributed by atoms with Gasteiger partial charge in [0.1, 0.15) is 11.6 Å². The van der Waals surface area contributed by atoms with Crippen LogP contribution < -0.4 is 5.32 Å². The third-order valence-corrected chi connectivity index (χ3v) is 3.21. The number of nitrogens with zero attached hydrogens (tertiary/aromatic N) is 2. The van der Waals surface area contributed by atoms with Crippen molar-refractivity contribution in [2.45, 2.75) is 19.3 Å². The molecule has 7 heteroatoms. The molecule has 0 radical (unpaired) electrons. The molecular weight excluding hydrogens is 262 g/mol. The quantitative estimate of drug-likeness (QED) is 0.349. The van der Waals surface area contributed by atoms with Gasteiger partial charge in [-0.25, -0.2) is 0 Å². The van der Waals surface area contributed by atoms with Crippen LogP contribution in [0.4, 0.5) is 0 Å². The maximum absolute atomic E-state index is 12.1. The van der Waals surface area contributed by atoms with E-state index in [2.05, 4.69) is 5.32 Å². The Morgan fingerprint density at radius 1 is 1.40 bits per heavy atom. The van der Waals surface area contributed by atoms with Gasteiger partial charge in [0.2, 0.25) is 0 Å². The first-order chi connectivity index (χ1) is 9.60. The van der Waals surface area contributed by atoms with Crippen molar-refractivity contribution in [2.75, 3.05) is 26.2 Å². The van der Waals surface area contributed by atoms with E-state index in [4.69, 9.17) is 15.5 Å². The van der Waals surface area contributed by atoms with Crippen LogP contribution >= 0.6 is 0 Å². The van der Waals surface area contributed by atoms with Crippen LogP contribution in [0.5, 0.6) is 0 Å². The van der Waals surface area contributed by atoms with Gasteiger partial charge in [-0.15, -0.1) is 0 Å². The number of amides is 1. The lowest BCUT2D eigenvalue weighted by Crippen LogP contribution is -2.41. The summed E-state index contributed by atoms with van der Waals surface area (Å²) in [7, 11) is 0. The molecule has 1 aliphatic heterocycles. The van der Waals surface area contributed by atoms with Gasteiger partial charge in [0, 0.05) is 32.4 Å². The van der Waals surface area contributed by atoms with Crippen LogP contribution in [0.2, 0.25) is 0 Å². The van der Waals surface area contributed by atoms with E-state index >= 15 is 0 Å². The summed E-state index contributed by atoms with van der Waals surface area (Å²) in [5, 5.41) is 29.3. The molecule has 0 atom stereocenters. The number of aliphatic hydroxyl groups is 1. The van der Waals surface area contributed by atoms with Crippen LogP contribution in [0, 0.1) is 17.2 Å². The number of hydrogen-bond donors (Lipinski definition) is 3. The van der Waals surface area contributed by atoms with Crippen LogP contribution in [-0.2, 0) is 9.59 Å². The van der Waals surface area contributed by atoms with Crippen LogP contribution in [-0.4, -0.2) is 53.2 Å². The minimum atomic E-state index is -0.834. The highest BCUT2D eigenvalue weighted by atomic mass is 16.4. The number of aliphatic hydroxyl groups excluding tert-OH is 1. The highest BCUT2D eigenvalue weighted by molar-refractivity contribution is 5.97. The maximum Gasteiger partial charge on any atom is 0.306 e. The van der Waals surface area contributed by atoms with Gasteiger partial charge in [-0.2, -0.15) is 5.26 Å². The fourth-order valence-electron chi connectivity index (χ4n) is 2.00. The lowest BCUT2D eigenvalue weighted by molar-refractivity contribution is -0.145. The maximum atomic E-state index is 12.1. The Bertz CT molecular complexity index is 420. The molecule has 7 nitrogen and oxygen atoms in total. The van der Waals surface area contributed by atoms with Gasteiger partial charge < -0.3 is 20.4 Å². The van der Waals surface area contributed by atoms with Crippen molar-refractivity contribution >= 4 is 11.9 Å². The summed E-state index contributed by atoms with van der Waals surface area (Å²) in [4.78, 5) is 24.4. The molecule has 3 N–H and O–H groups in total. The zero-order valence-corrected chi connectivity index (χ0v) is 11.2. The van der Waals surface area contributed by atoms with Gasteiger partial charge in [-0.3, -0.25) is 9.59 Å². The number of hydrogen-bond acceptors (Lipinski definition) is 5. The average molecular weight is 281 g/mol. The Hall–Kier alpha value is -2.07. The number of carboxylic acid groups (broad SMARTS) is 1. The van der Waals surface area contributed by atoms with Crippen LogP contribution in [0.3, 0.4) is 0 Å². The zero-order valence-electron chi connectivity index (χ0n) is 11.2. The molecule has 1 amide bonds. The predicted octanol–water partition coefficient (Wildman–Crippen LogP) is -0.311. The standard InChI is InChI=1S/C13H19N3O4/c14-8-11(9-15-4-1-7-17)12(18)16-5-2-10(3-6-16)13(19)20/h9-10,15,17H,1-7H2,(H,19,20)/b11-9-. The first kappa shape index (κ1) is 16.0. The van der Waals surface area contributed by atoms with Gasteiger partial charge in [-0.1, -0.05) is 0 Å². The molecule has 1 rings (SSSR count). The van der Waals surface area contributed by atoms with E-state index in [9.17, 15) is 9.59 Å². The molecule has 1 fully saturated rings. The summed E-state index contributed by atoms with van der Waals surface area (Å²) in [5.41, 5.74) is -0.00304. The van der Waals surface area contributed by atoms with Crippen LogP contribution in [0.25, 0.3) is 0 Å².